The maximum Gasteiger partial charge on any atom is 0.243 e. The largest absolute Gasteiger partial charge is 0.497 e. The lowest BCUT2D eigenvalue weighted by Crippen LogP contribution is -2.38. The van der Waals surface area contributed by atoms with Gasteiger partial charge in [0.2, 0.25) is 10.0 Å². The number of benzene rings is 2. The molecule has 1 unspecified atom stereocenters. The van der Waals surface area contributed by atoms with E-state index in [0.717, 1.165) is 16.9 Å². The van der Waals surface area contributed by atoms with Gasteiger partial charge in [-0.25, -0.2) is 8.42 Å². The van der Waals surface area contributed by atoms with Gasteiger partial charge in [-0.15, -0.1) is 0 Å². The molecule has 0 saturated heterocycles. The fourth-order valence-electron chi connectivity index (χ4n) is 3.25. The van der Waals surface area contributed by atoms with E-state index in [9.17, 15) is 8.42 Å². The molecule has 3 rings (SSSR count). The number of hydrogen-bond acceptors (Lipinski definition) is 4. The number of sulfonamides is 1. The van der Waals surface area contributed by atoms with E-state index in [0.29, 0.717) is 30.2 Å². The van der Waals surface area contributed by atoms with Gasteiger partial charge in [0.05, 0.1) is 18.6 Å². The molecule has 1 aliphatic heterocycles. The Morgan fingerprint density at radius 2 is 1.80 bits per heavy atom. The van der Waals surface area contributed by atoms with Crippen molar-refractivity contribution in [3.63, 3.8) is 0 Å². The van der Waals surface area contributed by atoms with E-state index in [1.807, 2.05) is 32.0 Å². The highest BCUT2D eigenvalue weighted by Gasteiger charge is 2.34. The van der Waals surface area contributed by atoms with Gasteiger partial charge in [0.1, 0.15) is 11.5 Å². The average Bonchev–Trinajstić information content (AvgIpc) is 2.62. The van der Waals surface area contributed by atoms with E-state index in [4.69, 9.17) is 9.47 Å². The first-order valence-corrected chi connectivity index (χ1v) is 9.83. The van der Waals surface area contributed by atoms with Crippen LogP contribution in [-0.2, 0) is 16.4 Å². The van der Waals surface area contributed by atoms with Gasteiger partial charge in [0.25, 0.3) is 0 Å². The van der Waals surface area contributed by atoms with E-state index >= 15 is 0 Å². The fourth-order valence-corrected chi connectivity index (χ4v) is 4.86. The van der Waals surface area contributed by atoms with Gasteiger partial charge >= 0.3 is 0 Å². The van der Waals surface area contributed by atoms with E-state index < -0.39 is 10.0 Å². The molecular weight excluding hydrogens is 338 g/mol. The summed E-state index contributed by atoms with van der Waals surface area (Å²) < 4.78 is 38.3. The molecule has 0 N–H and O–H groups in total. The van der Waals surface area contributed by atoms with Gasteiger partial charge in [-0.05, 0) is 67.8 Å². The van der Waals surface area contributed by atoms with Gasteiger partial charge < -0.3 is 9.47 Å². The lowest BCUT2D eigenvalue weighted by atomic mass is 9.95. The predicted octanol–water partition coefficient (Wildman–Crippen LogP) is 3.40. The molecule has 1 heterocycles. The number of nitrogens with zero attached hydrogens (tertiary/aromatic N) is 1. The molecule has 0 spiro atoms. The van der Waals surface area contributed by atoms with Crippen LogP contribution >= 0.6 is 0 Å². The second kappa shape index (κ2) is 7.06. The van der Waals surface area contributed by atoms with Crippen LogP contribution in [0.5, 0.6) is 11.5 Å². The van der Waals surface area contributed by atoms with Crippen molar-refractivity contribution in [2.75, 3.05) is 20.3 Å². The molecule has 0 amide bonds. The topological polar surface area (TPSA) is 55.8 Å². The Morgan fingerprint density at radius 1 is 1.12 bits per heavy atom. The first-order valence-electron chi connectivity index (χ1n) is 8.39. The Morgan fingerprint density at radius 3 is 2.44 bits per heavy atom. The molecule has 0 saturated carbocycles. The summed E-state index contributed by atoms with van der Waals surface area (Å²) in [7, 11) is -1.92. The summed E-state index contributed by atoms with van der Waals surface area (Å²) in [6, 6.07) is 12.2. The van der Waals surface area contributed by atoms with Gasteiger partial charge in [0, 0.05) is 12.6 Å². The fraction of sp³-hybridized carbons (Fsp3) is 0.368. The second-order valence-electron chi connectivity index (χ2n) is 6.01. The molecule has 0 fully saturated rings. The third-order valence-electron chi connectivity index (χ3n) is 4.58. The van der Waals surface area contributed by atoms with Crippen molar-refractivity contribution in [2.24, 2.45) is 0 Å². The minimum absolute atomic E-state index is 0.216. The predicted molar refractivity (Wildman–Crippen MR) is 96.6 cm³/mol. The summed E-state index contributed by atoms with van der Waals surface area (Å²) in [5.41, 5.74) is 2.17. The van der Waals surface area contributed by atoms with Crippen molar-refractivity contribution in [1.82, 2.24) is 4.31 Å². The molecule has 0 aliphatic carbocycles. The molecular formula is C19H23NO4S. The van der Waals surface area contributed by atoms with Crippen LogP contribution in [0.2, 0.25) is 0 Å². The zero-order chi connectivity index (χ0) is 18.0. The molecule has 0 bridgehead atoms. The molecule has 1 atom stereocenters. The summed E-state index contributed by atoms with van der Waals surface area (Å²) in [5, 5.41) is 0. The minimum Gasteiger partial charge on any atom is -0.497 e. The lowest BCUT2D eigenvalue weighted by Gasteiger charge is -2.34. The highest BCUT2D eigenvalue weighted by atomic mass is 32.2. The number of methoxy groups -OCH3 is 1. The molecule has 134 valence electrons. The maximum atomic E-state index is 13.1. The minimum atomic E-state index is -3.55. The summed E-state index contributed by atoms with van der Waals surface area (Å²) in [5.74, 6) is 1.47. The molecule has 5 nitrogen and oxygen atoms in total. The van der Waals surface area contributed by atoms with Crippen LogP contribution in [-0.4, -0.2) is 33.0 Å². The first-order chi connectivity index (χ1) is 12.0. The summed E-state index contributed by atoms with van der Waals surface area (Å²) >= 11 is 0. The van der Waals surface area contributed by atoms with E-state index in [1.165, 1.54) is 0 Å². The molecule has 0 radical (unpaired) electrons. The normalized spacial score (nSPS) is 17.8. The van der Waals surface area contributed by atoms with Gasteiger partial charge in [0.15, 0.2) is 0 Å². The molecule has 1 aliphatic rings. The van der Waals surface area contributed by atoms with Crippen molar-refractivity contribution in [3.05, 3.63) is 53.6 Å². The zero-order valence-corrected chi connectivity index (χ0v) is 15.5. The molecule has 2 aromatic rings. The molecule has 2 aromatic carbocycles. The first kappa shape index (κ1) is 17.8. The molecule has 6 heteroatoms. The van der Waals surface area contributed by atoms with Crippen LogP contribution in [0.15, 0.2) is 47.4 Å². The molecule has 0 aromatic heterocycles. The van der Waals surface area contributed by atoms with Crippen molar-refractivity contribution in [3.8, 4) is 11.5 Å². The van der Waals surface area contributed by atoms with Gasteiger partial charge in [-0.3, -0.25) is 0 Å². The van der Waals surface area contributed by atoms with E-state index in [-0.39, 0.29) is 6.04 Å². The average molecular weight is 361 g/mol. The summed E-state index contributed by atoms with van der Waals surface area (Å²) in [6.45, 7) is 4.83. The van der Waals surface area contributed by atoms with E-state index in [2.05, 4.69) is 0 Å². The standard InChI is InChI=1S/C19H23NO4S/c1-4-24-16-5-8-18(9-6-16)25(21,22)20-12-11-15-13-17(23-3)7-10-19(15)14(20)2/h5-10,13-14H,4,11-12H2,1-3H3. The second-order valence-corrected chi connectivity index (χ2v) is 7.90. The Bertz CT molecular complexity index is 846. The third kappa shape index (κ3) is 3.37. The number of fused-ring (bicyclic) bond motifs is 1. The van der Waals surface area contributed by atoms with Crippen LogP contribution < -0.4 is 9.47 Å². The monoisotopic (exact) mass is 361 g/mol. The van der Waals surface area contributed by atoms with Crippen molar-refractivity contribution < 1.29 is 17.9 Å². The SMILES string of the molecule is CCOc1ccc(S(=O)(=O)N2CCc3cc(OC)ccc3C2C)cc1. The Kier molecular flexibility index (Phi) is 5.01. The Labute approximate surface area is 149 Å². The highest BCUT2D eigenvalue weighted by Crippen LogP contribution is 2.35. The van der Waals surface area contributed by atoms with Crippen LogP contribution in [0.4, 0.5) is 0 Å². The van der Waals surface area contributed by atoms with Gasteiger partial charge in [-0.2, -0.15) is 4.31 Å². The van der Waals surface area contributed by atoms with Crippen LogP contribution in [0.25, 0.3) is 0 Å². The zero-order valence-electron chi connectivity index (χ0n) is 14.7. The number of ether oxygens (including phenoxy) is 2. The quantitative estimate of drug-likeness (QED) is 0.819. The smallest absolute Gasteiger partial charge is 0.243 e. The third-order valence-corrected chi connectivity index (χ3v) is 6.56. The van der Waals surface area contributed by atoms with Crippen LogP contribution in [0.1, 0.15) is 31.0 Å². The van der Waals surface area contributed by atoms with Crippen molar-refractivity contribution in [1.29, 1.82) is 0 Å². The van der Waals surface area contributed by atoms with Crippen LogP contribution in [0.3, 0.4) is 0 Å². The van der Waals surface area contributed by atoms with Crippen molar-refractivity contribution in [2.45, 2.75) is 31.2 Å². The summed E-state index contributed by atoms with van der Waals surface area (Å²) in [4.78, 5) is 0.291. The Hall–Kier alpha value is -2.05. The summed E-state index contributed by atoms with van der Waals surface area (Å²) in [6.07, 6.45) is 0.674. The van der Waals surface area contributed by atoms with Crippen LogP contribution in [0, 0.1) is 0 Å². The lowest BCUT2D eigenvalue weighted by molar-refractivity contribution is 0.325. The number of rotatable bonds is 5. The Balaban J connectivity index is 1.90. The maximum absolute atomic E-state index is 13.1. The van der Waals surface area contributed by atoms with Crippen molar-refractivity contribution >= 4 is 10.0 Å². The number of hydrogen-bond donors (Lipinski definition) is 0. The van der Waals surface area contributed by atoms with Gasteiger partial charge in [-0.1, -0.05) is 6.07 Å². The molecule has 25 heavy (non-hydrogen) atoms. The van der Waals surface area contributed by atoms with E-state index in [1.54, 1.807) is 35.7 Å². The highest BCUT2D eigenvalue weighted by molar-refractivity contribution is 7.89.